The number of rotatable bonds is 4. The van der Waals surface area contributed by atoms with Crippen molar-refractivity contribution in [1.82, 2.24) is 9.80 Å². The van der Waals surface area contributed by atoms with Gasteiger partial charge in [0.25, 0.3) is 5.91 Å². The molecule has 0 radical (unpaired) electrons. The van der Waals surface area contributed by atoms with E-state index in [0.29, 0.717) is 19.0 Å². The van der Waals surface area contributed by atoms with Crippen LogP contribution in [0.2, 0.25) is 0 Å². The summed E-state index contributed by atoms with van der Waals surface area (Å²) in [5.41, 5.74) is 1.84. The molecule has 130 valence electrons. The van der Waals surface area contributed by atoms with Gasteiger partial charge in [0.1, 0.15) is 0 Å². The highest BCUT2D eigenvalue weighted by atomic mass is 16.2. The molecule has 0 spiro atoms. The lowest BCUT2D eigenvalue weighted by Crippen LogP contribution is -2.36. The summed E-state index contributed by atoms with van der Waals surface area (Å²) in [6.45, 7) is 1.51. The van der Waals surface area contributed by atoms with E-state index in [1.54, 1.807) is 0 Å². The number of nitrogens with zero attached hydrogens (tertiary/aromatic N) is 2. The Bertz CT molecular complexity index is 574. The lowest BCUT2D eigenvalue weighted by atomic mass is 10.1. The first-order valence-corrected chi connectivity index (χ1v) is 9.29. The van der Waals surface area contributed by atoms with E-state index in [9.17, 15) is 9.59 Å². The predicted molar refractivity (Wildman–Crippen MR) is 94.7 cm³/mol. The fraction of sp³-hybridized carbons (Fsp3) is 0.600. The van der Waals surface area contributed by atoms with E-state index in [2.05, 4.69) is 0 Å². The zero-order valence-corrected chi connectivity index (χ0v) is 14.7. The van der Waals surface area contributed by atoms with Crippen LogP contribution < -0.4 is 0 Å². The molecule has 0 unspecified atom stereocenters. The van der Waals surface area contributed by atoms with E-state index >= 15 is 0 Å². The first-order valence-electron chi connectivity index (χ1n) is 9.29. The van der Waals surface area contributed by atoms with Crippen LogP contribution in [0.15, 0.2) is 24.3 Å². The van der Waals surface area contributed by atoms with E-state index in [1.165, 1.54) is 25.7 Å². The van der Waals surface area contributed by atoms with E-state index in [-0.39, 0.29) is 11.8 Å². The summed E-state index contributed by atoms with van der Waals surface area (Å²) in [5.74, 6) is 0.356. The normalized spacial score (nSPS) is 19.4. The largest absolute Gasteiger partial charge is 0.339 e. The number of amides is 2. The average molecular weight is 328 g/mol. The minimum atomic E-state index is 0.116. The van der Waals surface area contributed by atoms with Gasteiger partial charge in [0.2, 0.25) is 5.91 Å². The molecule has 4 heteroatoms. The maximum Gasteiger partial charge on any atom is 0.253 e. The first-order chi connectivity index (χ1) is 11.6. The molecule has 4 nitrogen and oxygen atoms in total. The Kier molecular flexibility index (Phi) is 5.54. The number of hydrogen-bond acceptors (Lipinski definition) is 2. The third-order valence-electron chi connectivity index (χ3n) is 5.44. The smallest absolute Gasteiger partial charge is 0.253 e. The Morgan fingerprint density at radius 1 is 1.08 bits per heavy atom. The highest BCUT2D eigenvalue weighted by molar-refractivity contribution is 5.94. The summed E-state index contributed by atoms with van der Waals surface area (Å²) in [6, 6.07) is 8.16. The molecule has 0 atom stereocenters. The van der Waals surface area contributed by atoms with Crippen molar-refractivity contribution in [3.8, 4) is 0 Å². The number of carbonyl (C=O) groups excluding carboxylic acids is 2. The summed E-state index contributed by atoms with van der Waals surface area (Å²) in [4.78, 5) is 28.3. The third kappa shape index (κ3) is 3.97. The SMILES string of the molecule is CN(C(=O)c1ccc(CN2CCCC2=O)cc1)C1CCCCCC1. The van der Waals surface area contributed by atoms with Gasteiger partial charge in [-0.2, -0.15) is 0 Å². The third-order valence-corrected chi connectivity index (χ3v) is 5.44. The molecule has 1 saturated heterocycles. The van der Waals surface area contributed by atoms with Crippen LogP contribution in [0.1, 0.15) is 67.3 Å². The molecule has 0 bridgehead atoms. The second-order valence-electron chi connectivity index (χ2n) is 7.18. The number of likely N-dealkylation sites (tertiary alicyclic amines) is 1. The van der Waals surface area contributed by atoms with E-state index < -0.39 is 0 Å². The Morgan fingerprint density at radius 2 is 1.75 bits per heavy atom. The van der Waals surface area contributed by atoms with E-state index in [1.807, 2.05) is 41.1 Å². The number of hydrogen-bond donors (Lipinski definition) is 0. The fourth-order valence-corrected chi connectivity index (χ4v) is 3.86. The lowest BCUT2D eigenvalue weighted by molar-refractivity contribution is -0.128. The average Bonchev–Trinajstić information content (AvgIpc) is 2.85. The van der Waals surface area contributed by atoms with Crippen molar-refractivity contribution in [3.05, 3.63) is 35.4 Å². The molecule has 1 aliphatic carbocycles. The van der Waals surface area contributed by atoms with Gasteiger partial charge in [-0.3, -0.25) is 9.59 Å². The van der Waals surface area contributed by atoms with Gasteiger partial charge in [-0.25, -0.2) is 0 Å². The van der Waals surface area contributed by atoms with Crippen LogP contribution in [-0.4, -0.2) is 41.2 Å². The van der Waals surface area contributed by atoms with Gasteiger partial charge in [-0.05, 0) is 37.0 Å². The van der Waals surface area contributed by atoms with Crippen molar-refractivity contribution >= 4 is 11.8 Å². The summed E-state index contributed by atoms with van der Waals surface area (Å²) in [5, 5.41) is 0. The van der Waals surface area contributed by atoms with Crippen molar-refractivity contribution < 1.29 is 9.59 Å². The molecule has 3 rings (SSSR count). The molecule has 1 saturated carbocycles. The second kappa shape index (κ2) is 7.82. The molecule has 2 amide bonds. The van der Waals surface area contributed by atoms with Crippen LogP contribution in [0.3, 0.4) is 0 Å². The van der Waals surface area contributed by atoms with Crippen molar-refractivity contribution in [2.75, 3.05) is 13.6 Å². The Morgan fingerprint density at radius 3 is 2.33 bits per heavy atom. The Labute approximate surface area is 144 Å². The summed E-state index contributed by atoms with van der Waals surface area (Å²) < 4.78 is 0. The van der Waals surface area contributed by atoms with Crippen LogP contribution in [-0.2, 0) is 11.3 Å². The molecule has 2 aliphatic rings. The molecular formula is C20H28N2O2. The van der Waals surface area contributed by atoms with E-state index in [0.717, 1.165) is 36.9 Å². The van der Waals surface area contributed by atoms with Crippen LogP contribution >= 0.6 is 0 Å². The monoisotopic (exact) mass is 328 g/mol. The molecule has 1 heterocycles. The standard InChI is InChI=1S/C20H28N2O2/c1-21(18-7-4-2-3-5-8-18)20(24)17-12-10-16(11-13-17)15-22-14-6-9-19(22)23/h10-13,18H,2-9,14-15H2,1H3. The highest BCUT2D eigenvalue weighted by Gasteiger charge is 2.23. The minimum Gasteiger partial charge on any atom is -0.339 e. The van der Waals surface area contributed by atoms with Gasteiger partial charge in [0.05, 0.1) is 0 Å². The molecule has 24 heavy (non-hydrogen) atoms. The van der Waals surface area contributed by atoms with Crippen molar-refractivity contribution in [2.24, 2.45) is 0 Å². The Balaban J connectivity index is 1.61. The predicted octanol–water partition coefficient (Wildman–Crippen LogP) is 3.60. The number of carbonyl (C=O) groups is 2. The minimum absolute atomic E-state index is 0.116. The summed E-state index contributed by atoms with van der Waals surface area (Å²) >= 11 is 0. The quantitative estimate of drug-likeness (QED) is 0.792. The van der Waals surface area contributed by atoms with Crippen molar-refractivity contribution in [1.29, 1.82) is 0 Å². The van der Waals surface area contributed by atoms with Crippen LogP contribution in [0.5, 0.6) is 0 Å². The first kappa shape index (κ1) is 17.0. The van der Waals surface area contributed by atoms with Gasteiger partial charge in [-0.15, -0.1) is 0 Å². The molecule has 0 aromatic heterocycles. The molecule has 0 N–H and O–H groups in total. The number of benzene rings is 1. The van der Waals surface area contributed by atoms with Gasteiger partial charge in [0, 0.05) is 38.2 Å². The molecule has 2 fully saturated rings. The van der Waals surface area contributed by atoms with E-state index in [4.69, 9.17) is 0 Å². The zero-order valence-electron chi connectivity index (χ0n) is 14.7. The maximum atomic E-state index is 12.7. The van der Waals surface area contributed by atoms with Gasteiger partial charge in [-0.1, -0.05) is 37.8 Å². The zero-order chi connectivity index (χ0) is 16.9. The van der Waals surface area contributed by atoms with Gasteiger partial charge in [0.15, 0.2) is 0 Å². The van der Waals surface area contributed by atoms with Crippen LogP contribution in [0.4, 0.5) is 0 Å². The van der Waals surface area contributed by atoms with Crippen LogP contribution in [0.25, 0.3) is 0 Å². The summed E-state index contributed by atoms with van der Waals surface area (Å²) in [6.07, 6.45) is 8.92. The molecule has 1 aromatic carbocycles. The van der Waals surface area contributed by atoms with Gasteiger partial charge < -0.3 is 9.80 Å². The van der Waals surface area contributed by atoms with Crippen LogP contribution in [0, 0.1) is 0 Å². The van der Waals surface area contributed by atoms with Crippen molar-refractivity contribution in [2.45, 2.75) is 64.0 Å². The lowest BCUT2D eigenvalue weighted by Gasteiger charge is -2.27. The van der Waals surface area contributed by atoms with Gasteiger partial charge >= 0.3 is 0 Å². The van der Waals surface area contributed by atoms with Crippen molar-refractivity contribution in [3.63, 3.8) is 0 Å². The Hall–Kier alpha value is -1.84. The second-order valence-corrected chi connectivity index (χ2v) is 7.18. The maximum absolute atomic E-state index is 12.7. The highest BCUT2D eigenvalue weighted by Crippen LogP contribution is 2.22. The fourth-order valence-electron chi connectivity index (χ4n) is 3.86. The molecular weight excluding hydrogens is 300 g/mol. The molecule has 1 aliphatic heterocycles. The molecule has 1 aromatic rings. The summed E-state index contributed by atoms with van der Waals surface area (Å²) in [7, 11) is 1.94. The topological polar surface area (TPSA) is 40.6 Å².